The van der Waals surface area contributed by atoms with E-state index in [0.29, 0.717) is 13.2 Å². The number of aryl methyl sites for hydroxylation is 1. The summed E-state index contributed by atoms with van der Waals surface area (Å²) >= 11 is 0. The maximum Gasteiger partial charge on any atom is 0.194 e. The molecule has 1 heterocycles. The van der Waals surface area contributed by atoms with E-state index in [2.05, 4.69) is 96.9 Å². The van der Waals surface area contributed by atoms with Crippen molar-refractivity contribution >= 4 is 5.57 Å². The molecule has 200 valence electrons. The number of rotatable bonds is 14. The van der Waals surface area contributed by atoms with Gasteiger partial charge in [0, 0.05) is 25.6 Å². The van der Waals surface area contributed by atoms with Crippen molar-refractivity contribution in [1.29, 1.82) is 0 Å². The van der Waals surface area contributed by atoms with Crippen LogP contribution in [0.2, 0.25) is 0 Å². The number of hydrogen-bond donors (Lipinski definition) is 2. The highest BCUT2D eigenvalue weighted by Gasteiger charge is 2.40. The summed E-state index contributed by atoms with van der Waals surface area (Å²) in [6.45, 7) is 10.2. The predicted octanol–water partition coefficient (Wildman–Crippen LogP) is 4.99. The zero-order valence-corrected chi connectivity index (χ0v) is 22.6. The summed E-state index contributed by atoms with van der Waals surface area (Å²) in [5, 5.41) is 13.4. The molecule has 2 aromatic rings. The van der Waals surface area contributed by atoms with E-state index in [1.165, 1.54) is 22.3 Å². The Hall–Kier alpha value is -2.28. The van der Waals surface area contributed by atoms with E-state index >= 15 is 0 Å². The molecule has 2 aromatic carbocycles. The number of nitrogens with zero attached hydrogens (tertiary/aromatic N) is 1. The van der Waals surface area contributed by atoms with Crippen LogP contribution >= 0.6 is 0 Å². The van der Waals surface area contributed by atoms with Gasteiger partial charge in [0.25, 0.3) is 0 Å². The Morgan fingerprint density at radius 3 is 2.51 bits per heavy atom. The summed E-state index contributed by atoms with van der Waals surface area (Å²) in [5.74, 6) is -0.709. The van der Waals surface area contributed by atoms with Gasteiger partial charge >= 0.3 is 0 Å². The van der Waals surface area contributed by atoms with Gasteiger partial charge in [0.15, 0.2) is 5.79 Å². The number of allylic oxidation sites excluding steroid dienone is 2. The number of nitrogens with one attached hydrogen (secondary N) is 1. The topological polar surface area (TPSA) is 54.0 Å². The van der Waals surface area contributed by atoms with Gasteiger partial charge in [-0.05, 0) is 74.0 Å². The fourth-order valence-corrected chi connectivity index (χ4v) is 5.37. The highest BCUT2D eigenvalue weighted by Crippen LogP contribution is 2.40. The van der Waals surface area contributed by atoms with E-state index in [1.807, 2.05) is 0 Å². The summed E-state index contributed by atoms with van der Waals surface area (Å²) in [6, 6.07) is 19.1. The summed E-state index contributed by atoms with van der Waals surface area (Å²) in [4.78, 5) is 2.32. The van der Waals surface area contributed by atoms with Crippen LogP contribution < -0.4 is 5.32 Å². The second-order valence-electron chi connectivity index (χ2n) is 10.4. The normalized spacial score (nSPS) is 23.9. The number of ether oxygens (including phenoxy) is 2. The molecule has 37 heavy (non-hydrogen) atoms. The van der Waals surface area contributed by atoms with Crippen LogP contribution in [0.3, 0.4) is 0 Å². The summed E-state index contributed by atoms with van der Waals surface area (Å²) in [7, 11) is 0. The maximum atomic E-state index is 9.81. The van der Waals surface area contributed by atoms with Gasteiger partial charge in [-0.25, -0.2) is 0 Å². The van der Waals surface area contributed by atoms with E-state index in [9.17, 15) is 5.11 Å². The molecule has 0 bridgehead atoms. The second kappa shape index (κ2) is 14.0. The Kier molecular flexibility index (Phi) is 10.5. The molecule has 0 spiro atoms. The van der Waals surface area contributed by atoms with Gasteiger partial charge in [-0.3, -0.25) is 0 Å². The summed E-state index contributed by atoms with van der Waals surface area (Å²) < 4.78 is 13.2. The van der Waals surface area contributed by atoms with Crippen LogP contribution in [0.4, 0.5) is 0 Å². The van der Waals surface area contributed by atoms with Crippen LogP contribution in [0.25, 0.3) is 5.57 Å². The molecule has 1 saturated heterocycles. The van der Waals surface area contributed by atoms with Crippen molar-refractivity contribution in [1.82, 2.24) is 10.2 Å². The third kappa shape index (κ3) is 7.86. The summed E-state index contributed by atoms with van der Waals surface area (Å²) in [5.41, 5.74) is 5.13. The first-order valence-corrected chi connectivity index (χ1v) is 14.0. The number of aliphatic hydroxyl groups is 1. The molecule has 4 rings (SSSR count). The van der Waals surface area contributed by atoms with Gasteiger partial charge in [0.05, 0.1) is 19.3 Å². The van der Waals surface area contributed by atoms with E-state index in [1.54, 1.807) is 0 Å². The minimum Gasteiger partial charge on any atom is -0.392 e. The third-order valence-corrected chi connectivity index (χ3v) is 7.58. The Labute approximate surface area is 223 Å². The van der Waals surface area contributed by atoms with Gasteiger partial charge < -0.3 is 24.8 Å². The van der Waals surface area contributed by atoms with Crippen LogP contribution in [-0.2, 0) is 15.9 Å². The molecule has 1 aliphatic heterocycles. The minimum atomic E-state index is -0.777. The molecule has 0 radical (unpaired) electrons. The van der Waals surface area contributed by atoms with Crippen molar-refractivity contribution in [2.45, 2.75) is 51.4 Å². The molecule has 3 atom stereocenters. The van der Waals surface area contributed by atoms with Gasteiger partial charge in [0.2, 0.25) is 0 Å². The summed E-state index contributed by atoms with van der Waals surface area (Å²) in [6.07, 6.45) is 9.97. The first-order valence-electron chi connectivity index (χ1n) is 14.0. The lowest BCUT2D eigenvalue weighted by atomic mass is 9.82. The van der Waals surface area contributed by atoms with E-state index < -0.39 is 5.79 Å². The number of β-amino-alcohol motifs (C(OH)–C–C–N with tert-alkyl or cyclic N) is 1. The van der Waals surface area contributed by atoms with Gasteiger partial charge in [-0.2, -0.15) is 0 Å². The molecule has 5 nitrogen and oxygen atoms in total. The second-order valence-corrected chi connectivity index (χ2v) is 10.4. The molecule has 0 amide bonds. The standard InChI is InChI=1S/C32H44N2O3/c1-26-11-6-7-14-30(26)31-15-8-18-32(27(31)2,37-24-10-21-34-22-17-29(35)25-34)36-23-9-19-33-20-16-28-12-4-3-5-13-28/h3-8,11-15,18,27,29,33,35H,9-10,16-17,19-25H2,1-2H3/t27?,29-,32?/m1/s1. The number of aliphatic hydroxyl groups excluding tert-OH is 1. The molecule has 1 aliphatic carbocycles. The van der Waals surface area contributed by atoms with Crippen molar-refractivity contribution in [3.05, 3.63) is 89.5 Å². The molecule has 0 aromatic heterocycles. The van der Waals surface area contributed by atoms with Crippen molar-refractivity contribution < 1.29 is 14.6 Å². The van der Waals surface area contributed by atoms with Crippen molar-refractivity contribution in [3.63, 3.8) is 0 Å². The van der Waals surface area contributed by atoms with Gasteiger partial charge in [0.1, 0.15) is 0 Å². The monoisotopic (exact) mass is 504 g/mol. The van der Waals surface area contributed by atoms with E-state index in [-0.39, 0.29) is 12.0 Å². The van der Waals surface area contributed by atoms with Crippen molar-refractivity contribution in [2.24, 2.45) is 5.92 Å². The highest BCUT2D eigenvalue weighted by molar-refractivity contribution is 5.73. The van der Waals surface area contributed by atoms with E-state index in [0.717, 1.165) is 58.4 Å². The Bertz CT molecular complexity index is 1020. The number of likely N-dealkylation sites (tertiary alicyclic amines) is 1. The van der Waals surface area contributed by atoms with Gasteiger partial charge in [-0.15, -0.1) is 0 Å². The zero-order valence-electron chi connectivity index (χ0n) is 22.6. The largest absolute Gasteiger partial charge is 0.392 e. The van der Waals surface area contributed by atoms with Gasteiger partial charge in [-0.1, -0.05) is 73.7 Å². The molecular formula is C32H44N2O3. The third-order valence-electron chi connectivity index (χ3n) is 7.58. The lowest BCUT2D eigenvalue weighted by molar-refractivity contribution is -0.223. The predicted molar refractivity (Wildman–Crippen MR) is 151 cm³/mol. The Morgan fingerprint density at radius 1 is 1.00 bits per heavy atom. The molecule has 2 unspecified atom stereocenters. The molecule has 0 saturated carbocycles. The molecule has 1 fully saturated rings. The lowest BCUT2D eigenvalue weighted by Gasteiger charge is -2.40. The number of benzene rings is 2. The average Bonchev–Trinajstić information content (AvgIpc) is 3.33. The molecule has 2 N–H and O–H groups in total. The lowest BCUT2D eigenvalue weighted by Crippen LogP contribution is -2.43. The fourth-order valence-electron chi connectivity index (χ4n) is 5.37. The van der Waals surface area contributed by atoms with Crippen molar-refractivity contribution in [2.75, 3.05) is 45.9 Å². The van der Waals surface area contributed by atoms with E-state index in [4.69, 9.17) is 9.47 Å². The quantitative estimate of drug-likeness (QED) is 0.280. The first kappa shape index (κ1) is 27.7. The average molecular weight is 505 g/mol. The molecule has 2 aliphatic rings. The smallest absolute Gasteiger partial charge is 0.194 e. The zero-order chi connectivity index (χ0) is 25.9. The Morgan fingerprint density at radius 2 is 1.76 bits per heavy atom. The highest BCUT2D eigenvalue weighted by atomic mass is 16.7. The Balaban J connectivity index is 1.31. The maximum absolute atomic E-state index is 9.81. The number of hydrogen-bond acceptors (Lipinski definition) is 5. The van der Waals surface area contributed by atoms with Crippen LogP contribution in [0.5, 0.6) is 0 Å². The van der Waals surface area contributed by atoms with Crippen molar-refractivity contribution in [3.8, 4) is 0 Å². The minimum absolute atomic E-state index is 0.0678. The van der Waals surface area contributed by atoms with Crippen LogP contribution in [0.1, 0.15) is 42.9 Å². The first-order chi connectivity index (χ1) is 18.1. The van der Waals surface area contributed by atoms with Crippen LogP contribution in [0, 0.1) is 12.8 Å². The van der Waals surface area contributed by atoms with Crippen LogP contribution in [-0.4, -0.2) is 67.8 Å². The SMILES string of the molecule is Cc1ccccc1C1=CC=CC(OCCCNCCc2ccccc2)(OCCCN2CC[C@@H](O)C2)C1C. The fraction of sp³-hybridized carbons (Fsp3) is 0.500. The molecular weight excluding hydrogens is 460 g/mol. The molecule has 5 heteroatoms. The van der Waals surface area contributed by atoms with Crippen LogP contribution in [0.15, 0.2) is 72.8 Å².